The molecule has 0 spiro atoms. The maximum Gasteiger partial charge on any atom is 0.123 e. The molecule has 3 rings (SSSR count). The fraction of sp³-hybridized carbons (Fsp3) is 0.333. The number of nitrogens with zero attached hydrogens (tertiary/aromatic N) is 3. The van der Waals surface area contributed by atoms with Crippen LogP contribution >= 0.6 is 0 Å². The van der Waals surface area contributed by atoms with Crippen molar-refractivity contribution in [1.82, 2.24) is 19.9 Å². The van der Waals surface area contributed by atoms with Crippen molar-refractivity contribution in [1.29, 1.82) is 0 Å². The molecule has 0 aromatic carbocycles. The highest BCUT2D eigenvalue weighted by molar-refractivity contribution is 5.58. The number of pyridine rings is 1. The number of nitrogens with one attached hydrogen (secondary N) is 1. The van der Waals surface area contributed by atoms with Gasteiger partial charge >= 0.3 is 0 Å². The molecule has 1 aliphatic heterocycles. The van der Waals surface area contributed by atoms with Crippen LogP contribution in [0.1, 0.15) is 11.5 Å². The molecule has 0 saturated carbocycles. The van der Waals surface area contributed by atoms with E-state index >= 15 is 0 Å². The first-order valence-corrected chi connectivity index (χ1v) is 5.53. The predicted octanol–water partition coefficient (Wildman–Crippen LogP) is 1.36. The largest absolute Gasteiger partial charge is 0.326 e. The second-order valence-electron chi connectivity index (χ2n) is 4.08. The van der Waals surface area contributed by atoms with E-state index in [2.05, 4.69) is 25.9 Å². The fourth-order valence-corrected chi connectivity index (χ4v) is 2.05. The Morgan fingerprint density at radius 1 is 1.25 bits per heavy atom. The van der Waals surface area contributed by atoms with Crippen LogP contribution in [0, 0.1) is 6.92 Å². The van der Waals surface area contributed by atoms with Gasteiger partial charge in [0.15, 0.2) is 0 Å². The topological polar surface area (TPSA) is 42.7 Å². The van der Waals surface area contributed by atoms with Crippen LogP contribution in [0.15, 0.2) is 24.5 Å². The van der Waals surface area contributed by atoms with Crippen LogP contribution < -0.4 is 5.32 Å². The number of imidazole rings is 1. The molecule has 0 atom stereocenters. The molecule has 1 N–H and O–H groups in total. The number of rotatable bonds is 1. The second-order valence-corrected chi connectivity index (χ2v) is 4.08. The molecule has 4 heteroatoms. The quantitative estimate of drug-likeness (QED) is 0.779. The predicted molar refractivity (Wildman–Crippen MR) is 61.9 cm³/mol. The van der Waals surface area contributed by atoms with Crippen molar-refractivity contribution in [3.8, 4) is 11.3 Å². The first-order valence-electron chi connectivity index (χ1n) is 5.53. The van der Waals surface area contributed by atoms with Crippen molar-refractivity contribution in [3.63, 3.8) is 0 Å². The zero-order chi connectivity index (χ0) is 11.0. The number of fused-ring (bicyclic) bond motifs is 1. The third-order valence-electron chi connectivity index (χ3n) is 2.94. The van der Waals surface area contributed by atoms with E-state index in [1.54, 1.807) is 0 Å². The summed E-state index contributed by atoms with van der Waals surface area (Å²) in [6.07, 6.45) is 3.86. The molecule has 2 aromatic heterocycles. The minimum atomic E-state index is 0.860. The highest BCUT2D eigenvalue weighted by Crippen LogP contribution is 2.21. The Morgan fingerprint density at radius 2 is 2.19 bits per heavy atom. The molecule has 0 unspecified atom stereocenters. The summed E-state index contributed by atoms with van der Waals surface area (Å²) in [5.74, 6) is 1.11. The smallest absolute Gasteiger partial charge is 0.123 e. The SMILES string of the molecule is Cc1ccc(-c2cnc3n2CCNC3)cn1. The van der Waals surface area contributed by atoms with Gasteiger partial charge in [-0.25, -0.2) is 4.98 Å². The summed E-state index contributed by atoms with van der Waals surface area (Å²) in [5.41, 5.74) is 3.36. The van der Waals surface area contributed by atoms with Crippen LogP contribution in [-0.4, -0.2) is 21.1 Å². The lowest BCUT2D eigenvalue weighted by molar-refractivity contribution is 0.508. The molecule has 0 saturated heterocycles. The number of aromatic nitrogens is 3. The van der Waals surface area contributed by atoms with Gasteiger partial charge in [-0.3, -0.25) is 4.98 Å². The van der Waals surface area contributed by atoms with Gasteiger partial charge in [0, 0.05) is 30.5 Å². The number of hydrogen-bond acceptors (Lipinski definition) is 3. The van der Waals surface area contributed by atoms with Crippen molar-refractivity contribution >= 4 is 0 Å². The van der Waals surface area contributed by atoms with Gasteiger partial charge < -0.3 is 9.88 Å². The van der Waals surface area contributed by atoms with Crippen LogP contribution in [0.25, 0.3) is 11.3 Å². The molecule has 4 nitrogen and oxygen atoms in total. The summed E-state index contributed by atoms with van der Waals surface area (Å²) in [4.78, 5) is 8.76. The number of aryl methyl sites for hydroxylation is 1. The molecule has 82 valence electrons. The summed E-state index contributed by atoms with van der Waals surface area (Å²) in [6.45, 7) is 4.85. The van der Waals surface area contributed by atoms with E-state index in [9.17, 15) is 0 Å². The van der Waals surface area contributed by atoms with Gasteiger partial charge in [-0.2, -0.15) is 0 Å². The van der Waals surface area contributed by atoms with Crippen molar-refractivity contribution in [2.45, 2.75) is 20.0 Å². The monoisotopic (exact) mass is 214 g/mol. The molecule has 2 aromatic rings. The lowest BCUT2D eigenvalue weighted by atomic mass is 10.2. The molecular weight excluding hydrogens is 200 g/mol. The standard InChI is InChI=1S/C12H14N4/c1-9-2-3-10(6-14-9)11-7-15-12-8-13-4-5-16(11)12/h2-3,6-7,13H,4-5,8H2,1H3. The van der Waals surface area contributed by atoms with E-state index in [0.29, 0.717) is 0 Å². The van der Waals surface area contributed by atoms with Crippen LogP contribution in [0.2, 0.25) is 0 Å². The summed E-state index contributed by atoms with van der Waals surface area (Å²) < 4.78 is 2.27. The molecule has 3 heterocycles. The van der Waals surface area contributed by atoms with Gasteiger partial charge in [0.2, 0.25) is 0 Å². The van der Waals surface area contributed by atoms with Gasteiger partial charge in [-0.05, 0) is 19.1 Å². The third-order valence-corrected chi connectivity index (χ3v) is 2.94. The van der Waals surface area contributed by atoms with Gasteiger partial charge in [0.05, 0.1) is 18.4 Å². The minimum absolute atomic E-state index is 0.860. The van der Waals surface area contributed by atoms with E-state index in [4.69, 9.17) is 0 Å². The van der Waals surface area contributed by atoms with Crippen LogP contribution in [0.3, 0.4) is 0 Å². The van der Waals surface area contributed by atoms with Gasteiger partial charge in [0.1, 0.15) is 5.82 Å². The average Bonchev–Trinajstić information content (AvgIpc) is 2.74. The first-order chi connectivity index (χ1) is 7.84. The van der Waals surface area contributed by atoms with Crippen molar-refractivity contribution in [2.75, 3.05) is 6.54 Å². The normalized spacial score (nSPS) is 14.8. The molecule has 0 fully saturated rings. The minimum Gasteiger partial charge on any atom is -0.326 e. The highest BCUT2D eigenvalue weighted by atomic mass is 15.2. The van der Waals surface area contributed by atoms with Gasteiger partial charge in [-0.15, -0.1) is 0 Å². The number of hydrogen-bond donors (Lipinski definition) is 1. The molecule has 0 radical (unpaired) electrons. The molecule has 16 heavy (non-hydrogen) atoms. The van der Waals surface area contributed by atoms with Crippen molar-refractivity contribution in [3.05, 3.63) is 36.0 Å². The Balaban J connectivity index is 2.06. The Kier molecular flexibility index (Phi) is 2.22. The van der Waals surface area contributed by atoms with E-state index in [1.807, 2.05) is 25.4 Å². The molecular formula is C12H14N4. The fourth-order valence-electron chi connectivity index (χ4n) is 2.05. The van der Waals surface area contributed by atoms with Crippen LogP contribution in [0.4, 0.5) is 0 Å². The second kappa shape index (κ2) is 3.72. The van der Waals surface area contributed by atoms with E-state index in [-0.39, 0.29) is 0 Å². The van der Waals surface area contributed by atoms with Gasteiger partial charge in [0.25, 0.3) is 0 Å². The Morgan fingerprint density at radius 3 is 3.00 bits per heavy atom. The lowest BCUT2D eigenvalue weighted by Gasteiger charge is -2.17. The van der Waals surface area contributed by atoms with Crippen molar-refractivity contribution < 1.29 is 0 Å². The maximum atomic E-state index is 4.43. The summed E-state index contributed by atoms with van der Waals surface area (Å²) in [5, 5.41) is 3.32. The zero-order valence-electron chi connectivity index (χ0n) is 9.27. The maximum absolute atomic E-state index is 4.43. The summed E-state index contributed by atoms with van der Waals surface area (Å²) in [6, 6.07) is 4.14. The van der Waals surface area contributed by atoms with Gasteiger partial charge in [-0.1, -0.05) is 0 Å². The van der Waals surface area contributed by atoms with E-state index in [1.165, 1.54) is 5.69 Å². The Labute approximate surface area is 94.4 Å². The van der Waals surface area contributed by atoms with E-state index in [0.717, 1.165) is 36.7 Å². The molecule has 1 aliphatic rings. The molecule has 0 aliphatic carbocycles. The Bertz CT molecular complexity index is 498. The van der Waals surface area contributed by atoms with Crippen LogP contribution in [-0.2, 0) is 13.1 Å². The molecule has 0 bridgehead atoms. The zero-order valence-corrected chi connectivity index (χ0v) is 9.27. The van der Waals surface area contributed by atoms with Crippen LogP contribution in [0.5, 0.6) is 0 Å². The van der Waals surface area contributed by atoms with E-state index < -0.39 is 0 Å². The first kappa shape index (κ1) is 9.54. The summed E-state index contributed by atoms with van der Waals surface area (Å²) >= 11 is 0. The summed E-state index contributed by atoms with van der Waals surface area (Å²) in [7, 11) is 0. The average molecular weight is 214 g/mol. The van der Waals surface area contributed by atoms with Crippen molar-refractivity contribution in [2.24, 2.45) is 0 Å². The molecule has 0 amide bonds. The Hall–Kier alpha value is -1.68. The lowest BCUT2D eigenvalue weighted by Crippen LogP contribution is -2.28. The highest BCUT2D eigenvalue weighted by Gasteiger charge is 2.14. The third kappa shape index (κ3) is 1.51.